The molecule has 1 amide bonds. The average molecular weight is 401 g/mol. The first-order valence-electron chi connectivity index (χ1n) is 7.92. The van der Waals surface area contributed by atoms with Crippen LogP contribution in [0.3, 0.4) is 0 Å². The van der Waals surface area contributed by atoms with E-state index in [0.717, 1.165) is 23.2 Å². The Kier molecular flexibility index (Phi) is 6.61. The van der Waals surface area contributed by atoms with Crippen LogP contribution in [0.5, 0.6) is 5.75 Å². The molecule has 6 heteroatoms. The number of aryl methyl sites for hydroxylation is 2. The molecule has 134 valence electrons. The molecule has 0 atom stereocenters. The lowest BCUT2D eigenvalue weighted by Crippen LogP contribution is -2.21. The van der Waals surface area contributed by atoms with Crippen LogP contribution < -0.4 is 10.1 Å². The Labute approximate surface area is 163 Å². The predicted octanol–water partition coefficient (Wildman–Crippen LogP) is 6.15. The third kappa shape index (κ3) is 4.22. The van der Waals surface area contributed by atoms with E-state index in [4.69, 9.17) is 39.5 Å². The molecule has 2 aromatic carbocycles. The quantitative estimate of drug-likeness (QED) is 0.653. The Hall–Kier alpha value is -1.42. The van der Waals surface area contributed by atoms with Gasteiger partial charge in [-0.2, -0.15) is 0 Å². The van der Waals surface area contributed by atoms with Crippen LogP contribution in [-0.2, 0) is 11.2 Å². The van der Waals surface area contributed by atoms with E-state index in [-0.39, 0.29) is 18.3 Å². The van der Waals surface area contributed by atoms with Gasteiger partial charge in [0.1, 0.15) is 0 Å². The van der Waals surface area contributed by atoms with Crippen LogP contribution in [0.1, 0.15) is 29.2 Å². The Morgan fingerprint density at radius 3 is 2.20 bits per heavy atom. The molecule has 0 radical (unpaired) electrons. The molecule has 0 heterocycles. The molecule has 0 fully saturated rings. The number of para-hydroxylation sites is 1. The van der Waals surface area contributed by atoms with Gasteiger partial charge in [-0.15, -0.1) is 0 Å². The second-order valence-electron chi connectivity index (χ2n) is 5.82. The molecule has 3 nitrogen and oxygen atoms in total. The zero-order valence-corrected chi connectivity index (χ0v) is 16.9. The number of hydrogen-bond donors (Lipinski definition) is 1. The Morgan fingerprint density at radius 1 is 1.04 bits per heavy atom. The summed E-state index contributed by atoms with van der Waals surface area (Å²) in [6.45, 7) is 7.36. The van der Waals surface area contributed by atoms with E-state index < -0.39 is 0 Å². The fourth-order valence-corrected chi connectivity index (χ4v) is 3.37. The van der Waals surface area contributed by atoms with Gasteiger partial charge in [-0.05, 0) is 49.4 Å². The maximum absolute atomic E-state index is 12.3. The van der Waals surface area contributed by atoms with E-state index in [0.29, 0.717) is 26.2 Å². The maximum atomic E-state index is 12.3. The lowest BCUT2D eigenvalue weighted by Gasteiger charge is -2.16. The Morgan fingerprint density at radius 2 is 1.64 bits per heavy atom. The fourth-order valence-electron chi connectivity index (χ4n) is 2.55. The number of ether oxygens (including phenoxy) is 1. The first kappa shape index (κ1) is 19.9. The SMILES string of the molecule is CCc1cccc(C)c1NC(=O)COc1c(Cl)c(C)c(Cl)c(C)c1Cl. The molecule has 2 rings (SSSR count). The number of nitrogens with one attached hydrogen (secondary N) is 1. The van der Waals surface area contributed by atoms with Crippen molar-refractivity contribution in [1.82, 2.24) is 0 Å². The van der Waals surface area contributed by atoms with E-state index in [2.05, 4.69) is 5.32 Å². The van der Waals surface area contributed by atoms with Gasteiger partial charge in [-0.3, -0.25) is 4.79 Å². The molecule has 25 heavy (non-hydrogen) atoms. The average Bonchev–Trinajstić information content (AvgIpc) is 2.60. The van der Waals surface area contributed by atoms with Crippen LogP contribution in [0, 0.1) is 20.8 Å². The van der Waals surface area contributed by atoms with Crippen LogP contribution in [0.25, 0.3) is 0 Å². The summed E-state index contributed by atoms with van der Waals surface area (Å²) in [5.41, 5.74) is 4.24. The molecule has 0 bridgehead atoms. The largest absolute Gasteiger partial charge is 0.481 e. The van der Waals surface area contributed by atoms with E-state index in [1.165, 1.54) is 0 Å². The normalized spacial score (nSPS) is 10.7. The zero-order valence-electron chi connectivity index (χ0n) is 14.6. The van der Waals surface area contributed by atoms with Crippen molar-refractivity contribution in [2.45, 2.75) is 34.1 Å². The van der Waals surface area contributed by atoms with Crippen molar-refractivity contribution < 1.29 is 9.53 Å². The Balaban J connectivity index is 2.17. The highest BCUT2D eigenvalue weighted by Crippen LogP contribution is 2.42. The fraction of sp³-hybridized carbons (Fsp3) is 0.316. The number of carbonyl (C=O) groups is 1. The lowest BCUT2D eigenvalue weighted by atomic mass is 10.1. The summed E-state index contributed by atoms with van der Waals surface area (Å²) in [5, 5.41) is 4.04. The molecule has 0 aliphatic heterocycles. The minimum absolute atomic E-state index is 0.197. The van der Waals surface area contributed by atoms with Crippen molar-refractivity contribution in [3.63, 3.8) is 0 Å². The first-order valence-corrected chi connectivity index (χ1v) is 9.06. The van der Waals surface area contributed by atoms with Gasteiger partial charge in [-0.25, -0.2) is 0 Å². The van der Waals surface area contributed by atoms with Crippen LogP contribution in [-0.4, -0.2) is 12.5 Å². The predicted molar refractivity (Wildman–Crippen MR) is 106 cm³/mol. The highest BCUT2D eigenvalue weighted by atomic mass is 35.5. The molecule has 0 aromatic heterocycles. The van der Waals surface area contributed by atoms with Crippen molar-refractivity contribution in [1.29, 1.82) is 0 Å². The summed E-state index contributed by atoms with van der Waals surface area (Å²) < 4.78 is 5.60. The third-order valence-electron chi connectivity index (χ3n) is 4.07. The van der Waals surface area contributed by atoms with Crippen molar-refractivity contribution in [2.75, 3.05) is 11.9 Å². The molecule has 0 saturated heterocycles. The summed E-state index contributed by atoms with van der Waals surface area (Å²) in [6.07, 6.45) is 0.825. The van der Waals surface area contributed by atoms with E-state index in [9.17, 15) is 4.79 Å². The van der Waals surface area contributed by atoms with E-state index in [1.807, 2.05) is 32.0 Å². The molecule has 0 aliphatic carbocycles. The van der Waals surface area contributed by atoms with Crippen LogP contribution in [0.15, 0.2) is 18.2 Å². The molecule has 0 saturated carbocycles. The van der Waals surface area contributed by atoms with Crippen LogP contribution >= 0.6 is 34.8 Å². The smallest absolute Gasteiger partial charge is 0.262 e. The number of halogens is 3. The van der Waals surface area contributed by atoms with Gasteiger partial charge in [0.15, 0.2) is 12.4 Å². The van der Waals surface area contributed by atoms with Crippen molar-refractivity contribution in [2.24, 2.45) is 0 Å². The van der Waals surface area contributed by atoms with Crippen molar-refractivity contribution >= 4 is 46.4 Å². The van der Waals surface area contributed by atoms with Gasteiger partial charge >= 0.3 is 0 Å². The number of carbonyl (C=O) groups excluding carboxylic acids is 1. The van der Waals surface area contributed by atoms with Crippen molar-refractivity contribution in [3.05, 3.63) is 55.5 Å². The molecule has 1 N–H and O–H groups in total. The van der Waals surface area contributed by atoms with Gasteiger partial charge in [0.05, 0.1) is 10.0 Å². The summed E-state index contributed by atoms with van der Waals surface area (Å²) in [6, 6.07) is 5.91. The number of rotatable bonds is 5. The number of anilines is 1. The molecule has 0 aliphatic rings. The van der Waals surface area contributed by atoms with E-state index >= 15 is 0 Å². The van der Waals surface area contributed by atoms with Gasteiger partial charge in [0, 0.05) is 10.7 Å². The van der Waals surface area contributed by atoms with Crippen LogP contribution in [0.4, 0.5) is 5.69 Å². The molecule has 2 aromatic rings. The van der Waals surface area contributed by atoms with E-state index in [1.54, 1.807) is 13.8 Å². The number of amides is 1. The second-order valence-corrected chi connectivity index (χ2v) is 6.95. The summed E-state index contributed by atoms with van der Waals surface area (Å²) in [5.74, 6) is -0.000212. The monoisotopic (exact) mass is 399 g/mol. The summed E-state index contributed by atoms with van der Waals surface area (Å²) in [4.78, 5) is 12.3. The third-order valence-corrected chi connectivity index (χ3v) is 5.54. The first-order chi connectivity index (χ1) is 11.8. The minimum atomic E-state index is -0.276. The summed E-state index contributed by atoms with van der Waals surface area (Å²) in [7, 11) is 0. The molecular weight excluding hydrogens is 381 g/mol. The molecular formula is C19H20Cl3NO2. The second kappa shape index (κ2) is 8.31. The Bertz CT molecular complexity index is 790. The standard InChI is InChI=1S/C19H20Cl3NO2/c1-5-13-8-6-7-10(2)18(13)23-14(24)9-25-19-16(21)11(3)15(20)12(4)17(19)22/h6-8H,5,9H2,1-4H3,(H,23,24). The van der Waals surface area contributed by atoms with Gasteiger partial charge in [0.2, 0.25) is 0 Å². The minimum Gasteiger partial charge on any atom is -0.481 e. The summed E-state index contributed by atoms with van der Waals surface area (Å²) >= 11 is 18.7. The van der Waals surface area contributed by atoms with Crippen LogP contribution in [0.2, 0.25) is 15.1 Å². The molecule has 0 spiro atoms. The number of benzene rings is 2. The highest BCUT2D eigenvalue weighted by molar-refractivity contribution is 6.42. The molecule has 0 unspecified atom stereocenters. The van der Waals surface area contributed by atoms with Gasteiger partial charge in [-0.1, -0.05) is 59.9 Å². The topological polar surface area (TPSA) is 38.3 Å². The number of hydrogen-bond acceptors (Lipinski definition) is 2. The lowest BCUT2D eigenvalue weighted by molar-refractivity contribution is -0.118. The van der Waals surface area contributed by atoms with Gasteiger partial charge < -0.3 is 10.1 Å². The highest BCUT2D eigenvalue weighted by Gasteiger charge is 2.19. The maximum Gasteiger partial charge on any atom is 0.262 e. The zero-order chi connectivity index (χ0) is 18.7. The van der Waals surface area contributed by atoms with Crippen molar-refractivity contribution in [3.8, 4) is 5.75 Å². The van der Waals surface area contributed by atoms with Gasteiger partial charge in [0.25, 0.3) is 5.91 Å².